The molecule has 0 saturated carbocycles. The number of carboxylic acids is 1. The Morgan fingerprint density at radius 1 is 1.50 bits per heavy atom. The molecule has 0 radical (unpaired) electrons. The SMILES string of the molecule is CC(C(=O)O)C1=CC=CC=CS1. The summed E-state index contributed by atoms with van der Waals surface area (Å²) in [5.74, 6) is -1.19. The average molecular weight is 182 g/mol. The number of carboxylic acid groups (broad SMARTS) is 1. The van der Waals surface area contributed by atoms with Crippen LogP contribution in [0.1, 0.15) is 6.92 Å². The highest BCUT2D eigenvalue weighted by atomic mass is 32.2. The molecule has 2 nitrogen and oxygen atoms in total. The van der Waals surface area contributed by atoms with E-state index in [2.05, 4.69) is 0 Å². The van der Waals surface area contributed by atoms with Crippen molar-refractivity contribution in [1.29, 1.82) is 0 Å². The van der Waals surface area contributed by atoms with E-state index in [-0.39, 0.29) is 0 Å². The van der Waals surface area contributed by atoms with Gasteiger partial charge < -0.3 is 5.11 Å². The smallest absolute Gasteiger partial charge is 0.311 e. The third-order valence-corrected chi connectivity index (χ3v) is 2.62. The van der Waals surface area contributed by atoms with Gasteiger partial charge in [0.05, 0.1) is 5.92 Å². The van der Waals surface area contributed by atoms with E-state index in [1.165, 1.54) is 11.8 Å². The van der Waals surface area contributed by atoms with Gasteiger partial charge in [0, 0.05) is 4.91 Å². The highest BCUT2D eigenvalue weighted by Crippen LogP contribution is 2.26. The molecule has 0 bridgehead atoms. The molecule has 0 spiro atoms. The minimum absolute atomic E-state index is 0.414. The molecule has 0 aromatic rings. The number of allylic oxidation sites excluding steroid dienone is 4. The van der Waals surface area contributed by atoms with Gasteiger partial charge in [-0.1, -0.05) is 24.3 Å². The maximum absolute atomic E-state index is 10.6. The first-order valence-corrected chi connectivity index (χ1v) is 4.52. The third kappa shape index (κ3) is 2.27. The van der Waals surface area contributed by atoms with E-state index in [1.807, 2.05) is 29.7 Å². The number of hydrogen-bond acceptors (Lipinski definition) is 2. The van der Waals surface area contributed by atoms with Crippen molar-refractivity contribution in [2.75, 3.05) is 0 Å². The van der Waals surface area contributed by atoms with Gasteiger partial charge in [0.25, 0.3) is 0 Å². The number of carbonyl (C=O) groups is 1. The zero-order valence-corrected chi connectivity index (χ0v) is 7.54. The summed E-state index contributed by atoms with van der Waals surface area (Å²) >= 11 is 1.46. The highest BCUT2D eigenvalue weighted by Gasteiger charge is 2.15. The number of aliphatic carboxylic acids is 1. The first-order valence-electron chi connectivity index (χ1n) is 3.64. The van der Waals surface area contributed by atoms with Crippen molar-refractivity contribution in [3.8, 4) is 0 Å². The van der Waals surface area contributed by atoms with Crippen LogP contribution in [0.15, 0.2) is 34.6 Å². The molecule has 0 amide bonds. The average Bonchev–Trinajstić information content (AvgIpc) is 2.30. The summed E-state index contributed by atoms with van der Waals surface area (Å²) < 4.78 is 0. The molecule has 1 heterocycles. The zero-order valence-electron chi connectivity index (χ0n) is 6.73. The van der Waals surface area contributed by atoms with Crippen molar-refractivity contribution < 1.29 is 9.90 Å². The predicted molar refractivity (Wildman–Crippen MR) is 50.8 cm³/mol. The maximum Gasteiger partial charge on any atom is 0.311 e. The summed E-state index contributed by atoms with van der Waals surface area (Å²) in [5, 5.41) is 10.6. The lowest BCUT2D eigenvalue weighted by molar-refractivity contribution is -0.139. The standard InChI is InChI=1S/C9H10O2S/c1-7(9(10)11)8-5-3-2-4-6-12-8/h2-7H,1H3,(H,10,11). The monoisotopic (exact) mass is 182 g/mol. The first kappa shape index (κ1) is 9.13. The van der Waals surface area contributed by atoms with Gasteiger partial charge in [-0.25, -0.2) is 0 Å². The summed E-state index contributed by atoms with van der Waals surface area (Å²) in [6.45, 7) is 1.69. The lowest BCUT2D eigenvalue weighted by atomic mass is 10.1. The Balaban J connectivity index is 2.74. The van der Waals surface area contributed by atoms with E-state index in [0.29, 0.717) is 0 Å². The Morgan fingerprint density at radius 2 is 2.25 bits per heavy atom. The first-order chi connectivity index (χ1) is 5.72. The lowest BCUT2D eigenvalue weighted by Gasteiger charge is -2.06. The number of hydrogen-bond donors (Lipinski definition) is 1. The van der Waals surface area contributed by atoms with Crippen LogP contribution in [0, 0.1) is 5.92 Å². The molecule has 0 aliphatic carbocycles. The molecular formula is C9H10O2S. The van der Waals surface area contributed by atoms with E-state index in [9.17, 15) is 4.79 Å². The number of rotatable bonds is 2. The second-order valence-electron chi connectivity index (χ2n) is 2.46. The van der Waals surface area contributed by atoms with Crippen LogP contribution in [-0.2, 0) is 4.79 Å². The third-order valence-electron chi connectivity index (χ3n) is 1.56. The maximum atomic E-state index is 10.6. The molecule has 0 aromatic carbocycles. The fourth-order valence-electron chi connectivity index (χ4n) is 0.785. The Labute approximate surface area is 75.7 Å². The topological polar surface area (TPSA) is 37.3 Å². The quantitative estimate of drug-likeness (QED) is 0.712. The molecule has 1 N–H and O–H groups in total. The van der Waals surface area contributed by atoms with Crippen LogP contribution in [0.5, 0.6) is 0 Å². The summed E-state index contributed by atoms with van der Waals surface area (Å²) in [6, 6.07) is 0. The minimum atomic E-state index is -0.780. The van der Waals surface area contributed by atoms with Gasteiger partial charge in [-0.05, 0) is 12.3 Å². The van der Waals surface area contributed by atoms with Crippen LogP contribution in [0.2, 0.25) is 0 Å². The summed E-state index contributed by atoms with van der Waals surface area (Å²) in [6.07, 6.45) is 7.46. The van der Waals surface area contributed by atoms with E-state index >= 15 is 0 Å². The second-order valence-corrected chi connectivity index (χ2v) is 3.44. The molecule has 64 valence electrons. The summed E-state index contributed by atoms with van der Waals surface area (Å²) in [4.78, 5) is 11.5. The molecule has 0 aromatic heterocycles. The van der Waals surface area contributed by atoms with Gasteiger partial charge >= 0.3 is 5.97 Å². The molecule has 0 fully saturated rings. The fraction of sp³-hybridized carbons (Fsp3) is 0.222. The predicted octanol–water partition coefficient (Wildman–Crippen LogP) is 2.41. The molecule has 1 rings (SSSR count). The van der Waals surface area contributed by atoms with E-state index in [1.54, 1.807) is 6.92 Å². The van der Waals surface area contributed by atoms with Crippen LogP contribution in [0.25, 0.3) is 0 Å². The fourth-order valence-corrected chi connectivity index (χ4v) is 1.57. The second kappa shape index (κ2) is 4.16. The Morgan fingerprint density at radius 3 is 2.92 bits per heavy atom. The van der Waals surface area contributed by atoms with Crippen molar-refractivity contribution in [3.63, 3.8) is 0 Å². The normalized spacial score (nSPS) is 18.2. The van der Waals surface area contributed by atoms with Crippen molar-refractivity contribution in [3.05, 3.63) is 34.6 Å². The van der Waals surface area contributed by atoms with Crippen LogP contribution in [0.3, 0.4) is 0 Å². The van der Waals surface area contributed by atoms with Gasteiger partial charge in [-0.2, -0.15) is 0 Å². The lowest BCUT2D eigenvalue weighted by Crippen LogP contribution is -2.09. The van der Waals surface area contributed by atoms with E-state index < -0.39 is 11.9 Å². The van der Waals surface area contributed by atoms with Gasteiger partial charge in [0.1, 0.15) is 0 Å². The van der Waals surface area contributed by atoms with Crippen LogP contribution in [0.4, 0.5) is 0 Å². The minimum Gasteiger partial charge on any atom is -0.481 e. The Kier molecular flexibility index (Phi) is 3.17. The molecule has 3 heteroatoms. The largest absolute Gasteiger partial charge is 0.481 e. The van der Waals surface area contributed by atoms with Crippen LogP contribution in [-0.4, -0.2) is 11.1 Å². The van der Waals surface area contributed by atoms with Crippen molar-refractivity contribution >= 4 is 17.7 Å². The highest BCUT2D eigenvalue weighted by molar-refractivity contribution is 8.05. The van der Waals surface area contributed by atoms with Gasteiger partial charge in [0.15, 0.2) is 0 Å². The molecule has 12 heavy (non-hydrogen) atoms. The Hall–Kier alpha value is -0.960. The molecule has 1 atom stereocenters. The molecule has 1 unspecified atom stereocenters. The Bertz CT molecular complexity index is 264. The van der Waals surface area contributed by atoms with Crippen molar-refractivity contribution in [2.24, 2.45) is 5.92 Å². The van der Waals surface area contributed by atoms with Gasteiger partial charge in [-0.3, -0.25) is 4.79 Å². The van der Waals surface area contributed by atoms with E-state index in [4.69, 9.17) is 5.11 Å². The summed E-state index contributed by atoms with van der Waals surface area (Å²) in [7, 11) is 0. The van der Waals surface area contributed by atoms with Crippen LogP contribution >= 0.6 is 11.8 Å². The molecule has 1 aliphatic rings. The zero-order chi connectivity index (χ0) is 8.97. The van der Waals surface area contributed by atoms with Crippen molar-refractivity contribution in [2.45, 2.75) is 6.92 Å². The number of thioether (sulfide) groups is 1. The summed E-state index contributed by atoms with van der Waals surface area (Å²) in [5.41, 5.74) is 0. The van der Waals surface area contributed by atoms with Crippen molar-refractivity contribution in [1.82, 2.24) is 0 Å². The van der Waals surface area contributed by atoms with Crippen LogP contribution < -0.4 is 0 Å². The van der Waals surface area contributed by atoms with Gasteiger partial charge in [-0.15, -0.1) is 11.8 Å². The molecule has 1 aliphatic heterocycles. The molecule has 0 saturated heterocycles. The van der Waals surface area contributed by atoms with E-state index in [0.717, 1.165) is 4.91 Å². The molecular weight excluding hydrogens is 172 g/mol. The van der Waals surface area contributed by atoms with Gasteiger partial charge in [0.2, 0.25) is 0 Å².